The van der Waals surface area contributed by atoms with Gasteiger partial charge in [0.2, 0.25) is 10.0 Å². The zero-order valence-electron chi connectivity index (χ0n) is 15.7. The molecule has 4 rings (SSSR count). The quantitative estimate of drug-likeness (QED) is 0.420. The summed E-state index contributed by atoms with van der Waals surface area (Å²) in [4.78, 5) is 4.33. The second kappa shape index (κ2) is 8.84. The van der Waals surface area contributed by atoms with E-state index in [-0.39, 0.29) is 4.90 Å². The molecule has 0 fully saturated rings. The molecule has 29 heavy (non-hydrogen) atoms. The molecule has 0 aliphatic carbocycles. The minimum absolute atomic E-state index is 0.279. The highest BCUT2D eigenvalue weighted by molar-refractivity contribution is 7.89. The Morgan fingerprint density at radius 2 is 1.79 bits per heavy atom. The van der Waals surface area contributed by atoms with Crippen LogP contribution in [-0.2, 0) is 16.6 Å². The van der Waals surface area contributed by atoms with Crippen LogP contribution >= 0.6 is 11.3 Å². The first-order chi connectivity index (χ1) is 14.1. The van der Waals surface area contributed by atoms with Crippen molar-refractivity contribution in [3.63, 3.8) is 0 Å². The van der Waals surface area contributed by atoms with Crippen LogP contribution in [0.2, 0.25) is 0 Å². The average molecular weight is 424 g/mol. The van der Waals surface area contributed by atoms with E-state index in [0.717, 1.165) is 10.9 Å². The Balaban J connectivity index is 1.30. The fourth-order valence-electron chi connectivity index (χ4n) is 3.16. The maximum absolute atomic E-state index is 12.7. The van der Waals surface area contributed by atoms with Gasteiger partial charge in [0.25, 0.3) is 0 Å². The van der Waals surface area contributed by atoms with Crippen LogP contribution in [0.25, 0.3) is 21.9 Å². The topological polar surface area (TPSA) is 71.1 Å². The summed E-state index contributed by atoms with van der Waals surface area (Å²) in [6.45, 7) is 1.54. The molecular formula is C22H21N3O2S2. The number of aromatic nitrogens is 1. The third-order valence-corrected chi connectivity index (χ3v) is 6.86. The summed E-state index contributed by atoms with van der Waals surface area (Å²) in [5.41, 5.74) is 3.59. The van der Waals surface area contributed by atoms with Crippen LogP contribution in [-0.4, -0.2) is 26.5 Å². The van der Waals surface area contributed by atoms with E-state index >= 15 is 0 Å². The Kier molecular flexibility index (Phi) is 6.01. The lowest BCUT2D eigenvalue weighted by Gasteiger charge is -2.10. The van der Waals surface area contributed by atoms with Crippen LogP contribution in [0.5, 0.6) is 0 Å². The lowest BCUT2D eigenvalue weighted by molar-refractivity contribution is 0.577. The summed E-state index contributed by atoms with van der Waals surface area (Å²) in [5, 5.41) is 8.96. The first-order valence-electron chi connectivity index (χ1n) is 9.28. The lowest BCUT2D eigenvalue weighted by Crippen LogP contribution is -2.31. The van der Waals surface area contributed by atoms with Gasteiger partial charge in [0, 0.05) is 42.8 Å². The number of nitrogens with zero attached hydrogens (tertiary/aromatic N) is 1. The molecule has 7 heteroatoms. The van der Waals surface area contributed by atoms with Gasteiger partial charge in [0.1, 0.15) is 0 Å². The lowest BCUT2D eigenvalue weighted by atomic mass is 10.1. The van der Waals surface area contributed by atoms with Crippen molar-refractivity contribution in [2.24, 2.45) is 0 Å². The highest BCUT2D eigenvalue weighted by Crippen LogP contribution is 2.23. The number of rotatable bonds is 8. The number of benzene rings is 2. The van der Waals surface area contributed by atoms with E-state index in [9.17, 15) is 8.42 Å². The van der Waals surface area contributed by atoms with Crippen LogP contribution < -0.4 is 10.0 Å². The number of nitrogens with one attached hydrogen (secondary N) is 2. The number of pyridine rings is 1. The summed E-state index contributed by atoms with van der Waals surface area (Å²) in [5.74, 6) is 0. The Labute approximate surface area is 174 Å². The fourth-order valence-corrected chi connectivity index (χ4v) is 5.08. The molecule has 2 aromatic heterocycles. The number of thiophene rings is 1. The molecule has 0 unspecified atom stereocenters. The molecule has 2 aromatic carbocycles. The van der Waals surface area contributed by atoms with Gasteiger partial charge in [0.05, 0.1) is 4.90 Å². The van der Waals surface area contributed by atoms with E-state index in [2.05, 4.69) is 56.1 Å². The van der Waals surface area contributed by atoms with Crippen LogP contribution in [0.3, 0.4) is 0 Å². The van der Waals surface area contributed by atoms with Gasteiger partial charge in [-0.3, -0.25) is 4.98 Å². The van der Waals surface area contributed by atoms with Crippen molar-refractivity contribution < 1.29 is 8.42 Å². The second-order valence-electron chi connectivity index (χ2n) is 6.64. The monoisotopic (exact) mass is 423 g/mol. The van der Waals surface area contributed by atoms with E-state index < -0.39 is 10.0 Å². The molecule has 2 N–H and O–H groups in total. The van der Waals surface area contributed by atoms with Crippen LogP contribution in [0, 0.1) is 0 Å². The van der Waals surface area contributed by atoms with Crippen molar-refractivity contribution in [3.05, 3.63) is 83.3 Å². The minimum Gasteiger partial charge on any atom is -0.311 e. The van der Waals surface area contributed by atoms with Crippen molar-refractivity contribution in [2.45, 2.75) is 11.4 Å². The second-order valence-corrected chi connectivity index (χ2v) is 9.15. The minimum atomic E-state index is -3.58. The van der Waals surface area contributed by atoms with Gasteiger partial charge in [-0.05, 0) is 45.6 Å². The summed E-state index contributed by atoms with van der Waals surface area (Å²) in [6.07, 6.45) is 3.27. The molecule has 0 bridgehead atoms. The third kappa shape index (κ3) is 4.71. The third-order valence-electron chi connectivity index (χ3n) is 4.66. The van der Waals surface area contributed by atoms with Crippen molar-refractivity contribution in [1.29, 1.82) is 0 Å². The van der Waals surface area contributed by atoms with Crippen molar-refractivity contribution in [1.82, 2.24) is 15.0 Å². The zero-order valence-corrected chi connectivity index (χ0v) is 17.3. The van der Waals surface area contributed by atoms with Crippen LogP contribution in [0.15, 0.2) is 82.6 Å². The van der Waals surface area contributed by atoms with Gasteiger partial charge >= 0.3 is 0 Å². The molecule has 0 aliphatic heterocycles. The molecule has 2 heterocycles. The van der Waals surface area contributed by atoms with Crippen molar-refractivity contribution in [2.75, 3.05) is 13.1 Å². The number of fused-ring (bicyclic) bond motifs is 1. The van der Waals surface area contributed by atoms with Gasteiger partial charge in [-0.2, -0.15) is 11.3 Å². The van der Waals surface area contributed by atoms with Crippen molar-refractivity contribution >= 4 is 32.1 Å². The molecule has 0 atom stereocenters. The van der Waals surface area contributed by atoms with E-state index in [1.54, 1.807) is 41.9 Å². The first-order valence-corrected chi connectivity index (χ1v) is 11.7. The number of sulfonamides is 1. The zero-order chi connectivity index (χ0) is 20.1. The standard InChI is InChI=1S/C22H21N3O2S2/c26-29(27,22-3-1-2-19-15-23-10-8-21(19)22)25-12-11-24-14-17-4-6-18(7-5-17)20-9-13-28-16-20/h1-10,13,15-16,24-25H,11-12,14H2. The highest BCUT2D eigenvalue weighted by Gasteiger charge is 2.16. The normalized spacial score (nSPS) is 11.7. The van der Waals surface area contributed by atoms with E-state index in [1.165, 1.54) is 11.1 Å². The molecule has 148 valence electrons. The summed E-state index contributed by atoms with van der Waals surface area (Å²) < 4.78 is 28.0. The van der Waals surface area contributed by atoms with Crippen LogP contribution in [0.1, 0.15) is 5.56 Å². The SMILES string of the molecule is O=S(=O)(NCCNCc1ccc(-c2ccsc2)cc1)c1cccc2cnccc12. The Hall–Kier alpha value is -2.58. The Morgan fingerprint density at radius 1 is 0.931 bits per heavy atom. The first kappa shape index (κ1) is 19.7. The van der Waals surface area contributed by atoms with Crippen molar-refractivity contribution in [3.8, 4) is 11.1 Å². The van der Waals surface area contributed by atoms with Crippen LogP contribution in [0.4, 0.5) is 0 Å². The van der Waals surface area contributed by atoms with E-state index in [0.29, 0.717) is 25.0 Å². The van der Waals surface area contributed by atoms with Gasteiger partial charge < -0.3 is 5.32 Å². The number of hydrogen-bond acceptors (Lipinski definition) is 5. The molecule has 0 saturated carbocycles. The molecule has 0 amide bonds. The maximum atomic E-state index is 12.7. The molecule has 0 radical (unpaired) electrons. The molecule has 0 aliphatic rings. The largest absolute Gasteiger partial charge is 0.311 e. The summed E-state index contributed by atoms with van der Waals surface area (Å²) in [6, 6.07) is 17.4. The van der Waals surface area contributed by atoms with Gasteiger partial charge in [-0.25, -0.2) is 13.1 Å². The van der Waals surface area contributed by atoms with E-state index in [4.69, 9.17) is 0 Å². The number of hydrogen-bond donors (Lipinski definition) is 2. The maximum Gasteiger partial charge on any atom is 0.241 e. The molecular weight excluding hydrogens is 402 g/mol. The summed E-state index contributed by atoms with van der Waals surface area (Å²) in [7, 11) is -3.58. The Bertz CT molecular complexity index is 1180. The predicted octanol–water partition coefficient (Wildman–Crippen LogP) is 4.03. The molecule has 4 aromatic rings. The molecule has 0 saturated heterocycles. The average Bonchev–Trinajstić information content (AvgIpc) is 3.28. The molecule has 0 spiro atoms. The Morgan fingerprint density at radius 3 is 2.59 bits per heavy atom. The molecule has 5 nitrogen and oxygen atoms in total. The highest BCUT2D eigenvalue weighted by atomic mass is 32.2. The van der Waals surface area contributed by atoms with Gasteiger partial charge in [-0.15, -0.1) is 0 Å². The van der Waals surface area contributed by atoms with Gasteiger partial charge in [0.15, 0.2) is 0 Å². The van der Waals surface area contributed by atoms with Gasteiger partial charge in [-0.1, -0.05) is 36.4 Å². The smallest absolute Gasteiger partial charge is 0.241 e. The predicted molar refractivity (Wildman–Crippen MR) is 118 cm³/mol. The summed E-state index contributed by atoms with van der Waals surface area (Å²) >= 11 is 1.69. The van der Waals surface area contributed by atoms with E-state index in [1.807, 2.05) is 6.07 Å². The fraction of sp³-hybridized carbons (Fsp3) is 0.136.